The molecule has 2 unspecified atom stereocenters. The lowest BCUT2D eigenvalue weighted by atomic mass is 9.93. The molecule has 0 radical (unpaired) electrons. The van der Waals surface area contributed by atoms with Gasteiger partial charge in [0.15, 0.2) is 11.6 Å². The molecular formula is C35H49N5O7. The Kier molecular flexibility index (Phi) is 11.3. The van der Waals surface area contributed by atoms with E-state index in [1.165, 1.54) is 0 Å². The minimum absolute atomic E-state index is 0.0390. The van der Waals surface area contributed by atoms with Gasteiger partial charge in [-0.2, -0.15) is 4.73 Å². The minimum atomic E-state index is -1.03. The second-order valence-corrected chi connectivity index (χ2v) is 13.2. The predicted octanol–water partition coefficient (Wildman–Crippen LogP) is 2.10. The van der Waals surface area contributed by atoms with Crippen LogP contribution in [0.15, 0.2) is 30.5 Å². The highest BCUT2D eigenvalue weighted by Gasteiger charge is 2.43. The van der Waals surface area contributed by atoms with Crippen molar-refractivity contribution in [3.63, 3.8) is 0 Å². The molecule has 0 saturated carbocycles. The maximum Gasteiger partial charge on any atom is 0.243 e. The van der Waals surface area contributed by atoms with Crippen LogP contribution < -0.4 is 20.8 Å². The third kappa shape index (κ3) is 8.03. The summed E-state index contributed by atoms with van der Waals surface area (Å²) in [6.07, 6.45) is 6.15. The van der Waals surface area contributed by atoms with Crippen LogP contribution in [0.3, 0.4) is 0 Å². The average Bonchev–Trinajstić information content (AvgIpc) is 3.77. The van der Waals surface area contributed by atoms with E-state index in [0.717, 1.165) is 29.3 Å². The Morgan fingerprint density at radius 3 is 2.49 bits per heavy atom. The zero-order chi connectivity index (χ0) is 33.7. The Morgan fingerprint density at radius 1 is 1.00 bits per heavy atom. The van der Waals surface area contributed by atoms with Crippen molar-refractivity contribution in [3.8, 4) is 0 Å². The van der Waals surface area contributed by atoms with Crippen molar-refractivity contribution < 1.29 is 33.5 Å². The van der Waals surface area contributed by atoms with Crippen molar-refractivity contribution in [2.75, 3.05) is 20.2 Å². The molecule has 3 aliphatic heterocycles. The summed E-state index contributed by atoms with van der Waals surface area (Å²) < 4.78 is 7.17. The summed E-state index contributed by atoms with van der Waals surface area (Å²) in [4.78, 5) is 75.2. The first-order chi connectivity index (χ1) is 22.6. The molecule has 2 aromatic rings. The van der Waals surface area contributed by atoms with Crippen LogP contribution in [-0.2, 0) is 35.1 Å². The number of epoxide rings is 1. The van der Waals surface area contributed by atoms with Gasteiger partial charge in [-0.15, -0.1) is 0 Å². The van der Waals surface area contributed by atoms with Gasteiger partial charge >= 0.3 is 0 Å². The standard InChI is InChI=1S/C35H49N5O7/c1-5-21(3)31-29(42)20-39-17-10-9-15-27(39)35(45)36-24(13-11-16-30-32(47-30)28(41)6-2)33(43)37-25(34(44)38-31)18-22-19-40(46-4)26-14-8-7-12-23(22)26/h7-8,12,14,19,21,24-25,27,30-32H,5-6,9-11,13,15-18,20H2,1-4H3,(H,36,45)(H,37,43)(H,38,44)/t21-,24-,25-,27+,30?,31-,32?/m0/s1. The van der Waals surface area contributed by atoms with Gasteiger partial charge < -0.3 is 25.5 Å². The van der Waals surface area contributed by atoms with E-state index in [0.29, 0.717) is 45.1 Å². The van der Waals surface area contributed by atoms with Crippen molar-refractivity contribution in [2.24, 2.45) is 5.92 Å². The molecular weight excluding hydrogens is 602 g/mol. The van der Waals surface area contributed by atoms with Crippen LogP contribution in [0.1, 0.15) is 77.7 Å². The van der Waals surface area contributed by atoms with Gasteiger partial charge in [0.05, 0.1) is 30.2 Å². The predicted molar refractivity (Wildman–Crippen MR) is 175 cm³/mol. The van der Waals surface area contributed by atoms with E-state index in [4.69, 9.17) is 9.57 Å². The number of benzene rings is 1. The number of nitrogens with one attached hydrogen (secondary N) is 3. The molecule has 3 N–H and O–H groups in total. The number of para-hydroxylation sites is 1. The number of nitrogens with zero attached hydrogens (tertiary/aromatic N) is 2. The molecule has 0 spiro atoms. The highest BCUT2D eigenvalue weighted by Crippen LogP contribution is 2.29. The van der Waals surface area contributed by atoms with Gasteiger partial charge in [0.2, 0.25) is 17.7 Å². The lowest BCUT2D eigenvalue weighted by Crippen LogP contribution is -2.57. The zero-order valence-electron chi connectivity index (χ0n) is 28.0. The summed E-state index contributed by atoms with van der Waals surface area (Å²) in [7, 11) is 1.56. The lowest BCUT2D eigenvalue weighted by molar-refractivity contribution is -0.134. The fraction of sp³-hybridized carbons (Fsp3) is 0.629. The Morgan fingerprint density at radius 2 is 1.74 bits per heavy atom. The van der Waals surface area contributed by atoms with E-state index in [1.807, 2.05) is 43.0 Å². The number of fused-ring (bicyclic) bond motifs is 2. The van der Waals surface area contributed by atoms with Gasteiger partial charge in [0, 0.05) is 24.4 Å². The van der Waals surface area contributed by atoms with Crippen molar-refractivity contribution in [3.05, 3.63) is 36.0 Å². The highest BCUT2D eigenvalue weighted by atomic mass is 16.6. The number of hydrogen-bond donors (Lipinski definition) is 3. The molecule has 0 aliphatic carbocycles. The Labute approximate surface area is 276 Å². The summed E-state index contributed by atoms with van der Waals surface area (Å²) in [5, 5.41) is 9.80. The van der Waals surface area contributed by atoms with E-state index in [9.17, 15) is 24.0 Å². The molecule has 12 nitrogen and oxygen atoms in total. The van der Waals surface area contributed by atoms with E-state index < -0.39 is 42.1 Å². The number of carbonyl (C=O) groups is 5. The number of carbonyl (C=O) groups excluding carboxylic acids is 5. The second-order valence-electron chi connectivity index (χ2n) is 13.2. The van der Waals surface area contributed by atoms with Gasteiger partial charge in [-0.25, -0.2) is 0 Å². The summed E-state index contributed by atoms with van der Waals surface area (Å²) in [6, 6.07) is 4.37. The topological polar surface area (TPSA) is 151 Å². The Hall–Kier alpha value is -3.77. The van der Waals surface area contributed by atoms with E-state index >= 15 is 0 Å². The number of amides is 3. The number of rotatable bonds is 11. The number of hydrogen-bond acceptors (Lipinski definition) is 8. The van der Waals surface area contributed by atoms with Crippen molar-refractivity contribution >= 4 is 40.2 Å². The minimum Gasteiger partial charge on any atom is -0.417 e. The van der Waals surface area contributed by atoms with Crippen LogP contribution in [0.25, 0.3) is 10.9 Å². The largest absolute Gasteiger partial charge is 0.417 e. The van der Waals surface area contributed by atoms with Gasteiger partial charge in [0.1, 0.15) is 25.3 Å². The zero-order valence-corrected chi connectivity index (χ0v) is 28.0. The molecule has 1 aromatic heterocycles. The fourth-order valence-electron chi connectivity index (χ4n) is 6.95. The number of piperidine rings is 1. The first-order valence-corrected chi connectivity index (χ1v) is 17.1. The molecule has 3 aliphatic rings. The van der Waals surface area contributed by atoms with Gasteiger partial charge in [0.25, 0.3) is 0 Å². The number of Topliss-reactive ketones (excluding diaryl/α,β-unsaturated/α-hetero) is 2. The maximum absolute atomic E-state index is 14.1. The molecule has 1 aromatic carbocycles. The summed E-state index contributed by atoms with van der Waals surface area (Å²) in [6.45, 7) is 6.33. The number of aromatic nitrogens is 1. The third-order valence-electron chi connectivity index (χ3n) is 10.0. The fourth-order valence-corrected chi connectivity index (χ4v) is 6.95. The van der Waals surface area contributed by atoms with E-state index in [2.05, 4.69) is 16.0 Å². The van der Waals surface area contributed by atoms with Crippen molar-refractivity contribution in [2.45, 2.75) is 115 Å². The molecule has 12 heteroatoms. The monoisotopic (exact) mass is 651 g/mol. The normalized spacial score (nSPS) is 28.2. The molecule has 5 rings (SSSR count). The molecule has 3 saturated heterocycles. The Balaban J connectivity index is 1.44. The SMILES string of the molecule is CCC(=O)C1OC1CCC[C@@H]1NC(=O)[C@H]2CCCCN2CC(=O)[C@H]([C@@H](C)CC)NC(=O)[C@H](Cc2cn(OC)c3ccccc23)NC1=O. The van der Waals surface area contributed by atoms with Crippen molar-refractivity contribution in [1.29, 1.82) is 0 Å². The molecule has 256 valence electrons. The molecule has 7 atom stereocenters. The summed E-state index contributed by atoms with van der Waals surface area (Å²) >= 11 is 0. The lowest BCUT2D eigenvalue weighted by Gasteiger charge is -2.36. The summed E-state index contributed by atoms with van der Waals surface area (Å²) in [5.41, 5.74) is 1.60. The molecule has 47 heavy (non-hydrogen) atoms. The van der Waals surface area contributed by atoms with Crippen LogP contribution in [0, 0.1) is 5.92 Å². The first kappa shape index (κ1) is 34.6. The summed E-state index contributed by atoms with van der Waals surface area (Å²) in [5.74, 6) is -1.46. The van der Waals surface area contributed by atoms with Crippen molar-refractivity contribution in [1.82, 2.24) is 25.6 Å². The van der Waals surface area contributed by atoms with E-state index in [1.54, 1.807) is 25.0 Å². The van der Waals surface area contributed by atoms with Crippen LogP contribution in [-0.4, -0.2) is 95.5 Å². The maximum atomic E-state index is 14.1. The van der Waals surface area contributed by atoms with Gasteiger partial charge in [-0.3, -0.25) is 28.9 Å². The highest BCUT2D eigenvalue weighted by molar-refractivity contribution is 5.97. The van der Waals surface area contributed by atoms with E-state index in [-0.39, 0.29) is 42.5 Å². The van der Waals surface area contributed by atoms with Crippen LogP contribution in [0.5, 0.6) is 0 Å². The number of ketones is 2. The quantitative estimate of drug-likeness (QED) is 0.313. The third-order valence-corrected chi connectivity index (χ3v) is 10.0. The van der Waals surface area contributed by atoms with Crippen LogP contribution >= 0.6 is 0 Å². The molecule has 4 heterocycles. The van der Waals surface area contributed by atoms with Crippen LogP contribution in [0.4, 0.5) is 0 Å². The van der Waals surface area contributed by atoms with Crippen LogP contribution in [0.2, 0.25) is 0 Å². The van der Waals surface area contributed by atoms with Gasteiger partial charge in [-0.05, 0) is 56.2 Å². The molecule has 0 bridgehead atoms. The Bertz CT molecular complexity index is 1470. The second kappa shape index (κ2) is 15.4. The smallest absolute Gasteiger partial charge is 0.243 e. The average molecular weight is 652 g/mol. The molecule has 3 fully saturated rings. The van der Waals surface area contributed by atoms with Gasteiger partial charge in [-0.1, -0.05) is 51.8 Å². The molecule has 3 amide bonds. The number of ether oxygens (including phenoxy) is 1. The first-order valence-electron chi connectivity index (χ1n) is 17.1.